The van der Waals surface area contributed by atoms with Crippen molar-refractivity contribution in [2.24, 2.45) is 0 Å². The standard InChI is InChI=1S/C14H22ClN3/c1-16-11-14(12-4-3-5-13(15)10-12)18-8-6-17(2)7-9-18/h3-5,10,14,16H,6-9,11H2,1-2H3. The molecule has 0 aromatic heterocycles. The number of rotatable bonds is 4. The molecule has 0 saturated carbocycles. The van der Waals surface area contributed by atoms with E-state index in [9.17, 15) is 0 Å². The van der Waals surface area contributed by atoms with Crippen molar-refractivity contribution in [3.8, 4) is 0 Å². The molecule has 0 spiro atoms. The van der Waals surface area contributed by atoms with Gasteiger partial charge in [-0.3, -0.25) is 4.90 Å². The van der Waals surface area contributed by atoms with Gasteiger partial charge in [0.15, 0.2) is 0 Å². The molecule has 0 aliphatic carbocycles. The Morgan fingerprint density at radius 3 is 2.61 bits per heavy atom. The summed E-state index contributed by atoms with van der Waals surface area (Å²) >= 11 is 6.10. The second kappa shape index (κ2) is 6.53. The van der Waals surface area contributed by atoms with Crippen LogP contribution in [0.4, 0.5) is 0 Å². The van der Waals surface area contributed by atoms with Crippen LogP contribution in [0.15, 0.2) is 24.3 Å². The van der Waals surface area contributed by atoms with Crippen LogP contribution in [0.2, 0.25) is 5.02 Å². The number of piperazine rings is 1. The molecule has 1 fully saturated rings. The molecule has 1 aliphatic rings. The average molecular weight is 268 g/mol. The number of hydrogen-bond acceptors (Lipinski definition) is 3. The SMILES string of the molecule is CNCC(c1cccc(Cl)c1)N1CCN(C)CC1. The first-order valence-electron chi connectivity index (χ1n) is 6.53. The summed E-state index contributed by atoms with van der Waals surface area (Å²) in [5.41, 5.74) is 1.31. The highest BCUT2D eigenvalue weighted by atomic mass is 35.5. The Morgan fingerprint density at radius 1 is 1.28 bits per heavy atom. The lowest BCUT2D eigenvalue weighted by molar-refractivity contribution is 0.111. The van der Waals surface area contributed by atoms with Gasteiger partial charge >= 0.3 is 0 Å². The molecular formula is C14H22ClN3. The largest absolute Gasteiger partial charge is 0.318 e. The first-order valence-corrected chi connectivity index (χ1v) is 6.91. The summed E-state index contributed by atoms with van der Waals surface area (Å²) in [6, 6.07) is 8.65. The average Bonchev–Trinajstić information content (AvgIpc) is 2.37. The molecule has 1 unspecified atom stereocenters. The van der Waals surface area contributed by atoms with E-state index in [0.717, 1.165) is 37.7 Å². The van der Waals surface area contributed by atoms with E-state index in [1.807, 2.05) is 19.2 Å². The van der Waals surface area contributed by atoms with E-state index in [-0.39, 0.29) is 0 Å². The molecule has 0 radical (unpaired) electrons. The van der Waals surface area contributed by atoms with Crippen molar-refractivity contribution in [3.63, 3.8) is 0 Å². The number of likely N-dealkylation sites (N-methyl/N-ethyl adjacent to an activating group) is 2. The summed E-state index contributed by atoms with van der Waals surface area (Å²) in [6.45, 7) is 5.48. The first-order chi connectivity index (χ1) is 8.70. The molecule has 1 heterocycles. The number of nitrogens with one attached hydrogen (secondary N) is 1. The fourth-order valence-electron chi connectivity index (χ4n) is 2.50. The van der Waals surface area contributed by atoms with E-state index in [1.54, 1.807) is 0 Å². The molecule has 1 saturated heterocycles. The van der Waals surface area contributed by atoms with E-state index >= 15 is 0 Å². The quantitative estimate of drug-likeness (QED) is 0.898. The van der Waals surface area contributed by atoms with Crippen molar-refractivity contribution in [1.29, 1.82) is 0 Å². The van der Waals surface area contributed by atoms with Crippen LogP contribution in [-0.2, 0) is 0 Å². The van der Waals surface area contributed by atoms with E-state index in [4.69, 9.17) is 11.6 Å². The second-order valence-corrected chi connectivity index (χ2v) is 5.40. The van der Waals surface area contributed by atoms with Crippen molar-refractivity contribution in [3.05, 3.63) is 34.9 Å². The topological polar surface area (TPSA) is 18.5 Å². The van der Waals surface area contributed by atoms with E-state index in [1.165, 1.54) is 5.56 Å². The van der Waals surface area contributed by atoms with Crippen LogP contribution in [0.25, 0.3) is 0 Å². The number of benzene rings is 1. The zero-order valence-corrected chi connectivity index (χ0v) is 12.0. The maximum Gasteiger partial charge on any atom is 0.0474 e. The molecule has 1 atom stereocenters. The molecule has 1 aromatic carbocycles. The zero-order valence-electron chi connectivity index (χ0n) is 11.2. The van der Waals surface area contributed by atoms with Crippen LogP contribution in [0.3, 0.4) is 0 Å². The van der Waals surface area contributed by atoms with Crippen molar-refractivity contribution in [2.75, 3.05) is 46.8 Å². The molecule has 3 nitrogen and oxygen atoms in total. The van der Waals surface area contributed by atoms with Crippen molar-refractivity contribution in [2.45, 2.75) is 6.04 Å². The predicted molar refractivity (Wildman–Crippen MR) is 77.2 cm³/mol. The molecule has 2 rings (SSSR count). The predicted octanol–water partition coefficient (Wildman–Crippen LogP) is 1.85. The van der Waals surface area contributed by atoms with Gasteiger partial charge in [-0.15, -0.1) is 0 Å². The summed E-state index contributed by atoms with van der Waals surface area (Å²) in [7, 11) is 4.19. The van der Waals surface area contributed by atoms with Crippen LogP contribution in [-0.4, -0.2) is 56.6 Å². The highest BCUT2D eigenvalue weighted by molar-refractivity contribution is 6.30. The van der Waals surface area contributed by atoms with Gasteiger partial charge in [0.1, 0.15) is 0 Å². The molecule has 4 heteroatoms. The highest BCUT2D eigenvalue weighted by Gasteiger charge is 2.23. The number of halogens is 1. The first kappa shape index (κ1) is 13.8. The molecule has 1 N–H and O–H groups in total. The van der Waals surface area contributed by atoms with Crippen LogP contribution >= 0.6 is 11.6 Å². The summed E-state index contributed by atoms with van der Waals surface area (Å²) in [6.07, 6.45) is 0. The van der Waals surface area contributed by atoms with Gasteiger partial charge in [0.05, 0.1) is 0 Å². The molecule has 0 amide bonds. The third-order valence-corrected chi connectivity index (χ3v) is 3.84. The maximum atomic E-state index is 6.10. The molecule has 18 heavy (non-hydrogen) atoms. The van der Waals surface area contributed by atoms with Gasteiger partial charge in [0, 0.05) is 43.8 Å². The van der Waals surface area contributed by atoms with Gasteiger partial charge in [0.25, 0.3) is 0 Å². The summed E-state index contributed by atoms with van der Waals surface area (Å²) in [4.78, 5) is 4.92. The second-order valence-electron chi connectivity index (χ2n) is 4.97. The van der Waals surface area contributed by atoms with Crippen molar-refractivity contribution < 1.29 is 0 Å². The Balaban J connectivity index is 2.12. The Morgan fingerprint density at radius 2 is 2.00 bits per heavy atom. The van der Waals surface area contributed by atoms with E-state index < -0.39 is 0 Å². The minimum absolute atomic E-state index is 0.419. The fraction of sp³-hybridized carbons (Fsp3) is 0.571. The Kier molecular flexibility index (Phi) is 5.01. The summed E-state index contributed by atoms with van der Waals surface area (Å²) < 4.78 is 0. The van der Waals surface area contributed by atoms with Gasteiger partial charge in [-0.1, -0.05) is 23.7 Å². The third-order valence-electron chi connectivity index (χ3n) is 3.61. The third kappa shape index (κ3) is 3.45. The minimum atomic E-state index is 0.419. The molecule has 1 aliphatic heterocycles. The summed E-state index contributed by atoms with van der Waals surface area (Å²) in [5.74, 6) is 0. The molecule has 100 valence electrons. The fourth-order valence-corrected chi connectivity index (χ4v) is 2.70. The number of hydrogen-bond donors (Lipinski definition) is 1. The molecule has 1 aromatic rings. The molecular weight excluding hydrogens is 246 g/mol. The van der Waals surface area contributed by atoms with Gasteiger partial charge < -0.3 is 10.2 Å². The minimum Gasteiger partial charge on any atom is -0.318 e. The van der Waals surface area contributed by atoms with Gasteiger partial charge in [-0.25, -0.2) is 0 Å². The zero-order chi connectivity index (χ0) is 13.0. The highest BCUT2D eigenvalue weighted by Crippen LogP contribution is 2.23. The van der Waals surface area contributed by atoms with Crippen LogP contribution in [0, 0.1) is 0 Å². The smallest absolute Gasteiger partial charge is 0.0474 e. The maximum absolute atomic E-state index is 6.10. The van der Waals surface area contributed by atoms with Crippen molar-refractivity contribution >= 4 is 11.6 Å². The summed E-state index contributed by atoms with van der Waals surface area (Å²) in [5, 5.41) is 4.12. The van der Waals surface area contributed by atoms with E-state index in [0.29, 0.717) is 6.04 Å². The van der Waals surface area contributed by atoms with Crippen molar-refractivity contribution in [1.82, 2.24) is 15.1 Å². The lowest BCUT2D eigenvalue weighted by Crippen LogP contribution is -2.47. The normalized spacial score (nSPS) is 19.9. The Hall–Kier alpha value is -0.610. The van der Waals surface area contributed by atoms with Gasteiger partial charge in [-0.05, 0) is 31.8 Å². The Bertz CT molecular complexity index is 375. The van der Waals surface area contributed by atoms with Crippen LogP contribution in [0.5, 0.6) is 0 Å². The lowest BCUT2D eigenvalue weighted by atomic mass is 10.0. The van der Waals surface area contributed by atoms with Gasteiger partial charge in [-0.2, -0.15) is 0 Å². The van der Waals surface area contributed by atoms with Crippen LogP contribution < -0.4 is 5.32 Å². The van der Waals surface area contributed by atoms with Crippen LogP contribution in [0.1, 0.15) is 11.6 Å². The van der Waals surface area contributed by atoms with Gasteiger partial charge in [0.2, 0.25) is 0 Å². The number of nitrogens with zero attached hydrogens (tertiary/aromatic N) is 2. The Labute approximate surface area is 115 Å². The lowest BCUT2D eigenvalue weighted by Gasteiger charge is -2.38. The molecule has 0 bridgehead atoms. The monoisotopic (exact) mass is 267 g/mol. The van der Waals surface area contributed by atoms with E-state index in [2.05, 4.69) is 34.3 Å².